The molecule has 100 valence electrons. The number of fused-ring (bicyclic) bond motifs is 1. The minimum Gasteiger partial charge on any atom is -0.469 e. The fourth-order valence-corrected chi connectivity index (χ4v) is 2.60. The summed E-state index contributed by atoms with van der Waals surface area (Å²) in [5, 5.41) is 3.51. The first kappa shape index (κ1) is 12.2. The summed E-state index contributed by atoms with van der Waals surface area (Å²) in [4.78, 5) is 8.74. The molecule has 0 fully saturated rings. The van der Waals surface area contributed by atoms with Gasteiger partial charge in [0.2, 0.25) is 0 Å². The van der Waals surface area contributed by atoms with Crippen LogP contribution in [0.2, 0.25) is 0 Å². The van der Waals surface area contributed by atoms with Crippen LogP contribution < -0.4 is 5.32 Å². The fourth-order valence-electron chi connectivity index (χ4n) is 2.60. The molecule has 3 rings (SSSR count). The molecule has 1 atom stereocenters. The van der Waals surface area contributed by atoms with Gasteiger partial charge in [0.15, 0.2) is 0 Å². The molecule has 1 N–H and O–H groups in total. The number of aromatic nitrogens is 2. The highest BCUT2D eigenvalue weighted by atomic mass is 16.3. The van der Waals surface area contributed by atoms with E-state index < -0.39 is 0 Å². The highest BCUT2D eigenvalue weighted by molar-refractivity contribution is 5.48. The molecule has 0 aromatic carbocycles. The maximum atomic E-state index is 5.35. The van der Waals surface area contributed by atoms with Crippen molar-refractivity contribution in [2.75, 3.05) is 5.32 Å². The molecule has 2 aromatic heterocycles. The van der Waals surface area contributed by atoms with Gasteiger partial charge in [0.1, 0.15) is 17.9 Å². The first-order chi connectivity index (χ1) is 9.33. The van der Waals surface area contributed by atoms with Crippen molar-refractivity contribution >= 4 is 5.82 Å². The minimum absolute atomic E-state index is 0.379. The first-order valence-electron chi connectivity index (χ1n) is 6.94. The molecule has 1 aliphatic carbocycles. The molecule has 0 bridgehead atoms. The second-order valence-corrected chi connectivity index (χ2v) is 5.16. The van der Waals surface area contributed by atoms with Crippen LogP contribution in [0.5, 0.6) is 0 Å². The summed E-state index contributed by atoms with van der Waals surface area (Å²) in [6.07, 6.45) is 8.78. The molecule has 4 heteroatoms. The monoisotopic (exact) mass is 257 g/mol. The van der Waals surface area contributed by atoms with Crippen molar-refractivity contribution < 1.29 is 4.42 Å². The van der Waals surface area contributed by atoms with Gasteiger partial charge in [-0.2, -0.15) is 0 Å². The van der Waals surface area contributed by atoms with E-state index in [1.165, 1.54) is 17.7 Å². The Kier molecular flexibility index (Phi) is 3.49. The Morgan fingerprint density at radius 2 is 2.32 bits per heavy atom. The average Bonchev–Trinajstić information content (AvgIpc) is 3.08. The Balaban J connectivity index is 1.60. The number of aryl methyl sites for hydroxylation is 2. The molecule has 1 unspecified atom stereocenters. The predicted molar refractivity (Wildman–Crippen MR) is 74.2 cm³/mol. The quantitative estimate of drug-likeness (QED) is 0.894. The third kappa shape index (κ3) is 2.78. The number of anilines is 1. The van der Waals surface area contributed by atoms with Gasteiger partial charge in [-0.25, -0.2) is 9.97 Å². The van der Waals surface area contributed by atoms with Crippen LogP contribution in [0.15, 0.2) is 29.1 Å². The average molecular weight is 257 g/mol. The molecular formula is C15H19N3O. The summed E-state index contributed by atoms with van der Waals surface area (Å²) in [7, 11) is 0. The van der Waals surface area contributed by atoms with Crippen molar-refractivity contribution in [3.8, 4) is 0 Å². The van der Waals surface area contributed by atoms with E-state index in [0.29, 0.717) is 6.04 Å². The number of nitrogens with one attached hydrogen (secondary N) is 1. The fraction of sp³-hybridized carbons (Fsp3) is 0.467. The number of nitrogens with zero attached hydrogens (tertiary/aromatic N) is 2. The van der Waals surface area contributed by atoms with Crippen molar-refractivity contribution in [2.45, 2.75) is 45.1 Å². The lowest BCUT2D eigenvalue weighted by atomic mass is 10.1. The molecule has 0 saturated heterocycles. The normalized spacial score (nSPS) is 15.2. The Bertz CT molecular complexity index is 536. The maximum Gasteiger partial charge on any atom is 0.133 e. The second kappa shape index (κ2) is 5.43. The van der Waals surface area contributed by atoms with E-state index in [0.717, 1.165) is 37.3 Å². The van der Waals surface area contributed by atoms with Crippen LogP contribution in [0.3, 0.4) is 0 Å². The second-order valence-electron chi connectivity index (χ2n) is 5.16. The van der Waals surface area contributed by atoms with Gasteiger partial charge in [-0.3, -0.25) is 0 Å². The molecule has 0 aliphatic heterocycles. The van der Waals surface area contributed by atoms with Gasteiger partial charge < -0.3 is 9.73 Å². The zero-order valence-electron chi connectivity index (χ0n) is 11.2. The molecule has 0 saturated carbocycles. The standard InChI is InChI=1S/C15H19N3O/c1-11(7-8-12-4-3-9-19-12)18-15-13-5-2-6-14(13)16-10-17-15/h3-4,9-11H,2,5-8H2,1H3,(H,16,17,18). The molecule has 4 nitrogen and oxygen atoms in total. The van der Waals surface area contributed by atoms with Gasteiger partial charge in [0, 0.05) is 23.7 Å². The highest BCUT2D eigenvalue weighted by Crippen LogP contribution is 2.25. The van der Waals surface area contributed by atoms with Crippen molar-refractivity contribution in [2.24, 2.45) is 0 Å². The van der Waals surface area contributed by atoms with Gasteiger partial charge in [0.25, 0.3) is 0 Å². The first-order valence-corrected chi connectivity index (χ1v) is 6.94. The third-order valence-electron chi connectivity index (χ3n) is 3.66. The Morgan fingerprint density at radius 1 is 1.37 bits per heavy atom. The highest BCUT2D eigenvalue weighted by Gasteiger charge is 2.17. The van der Waals surface area contributed by atoms with Crippen LogP contribution >= 0.6 is 0 Å². The van der Waals surface area contributed by atoms with E-state index in [4.69, 9.17) is 4.42 Å². The largest absolute Gasteiger partial charge is 0.469 e. The van der Waals surface area contributed by atoms with Gasteiger partial charge in [-0.1, -0.05) is 0 Å². The third-order valence-corrected chi connectivity index (χ3v) is 3.66. The van der Waals surface area contributed by atoms with Crippen molar-refractivity contribution in [1.82, 2.24) is 9.97 Å². The topological polar surface area (TPSA) is 51.0 Å². The van der Waals surface area contributed by atoms with E-state index in [1.54, 1.807) is 12.6 Å². The lowest BCUT2D eigenvalue weighted by Crippen LogP contribution is -2.18. The van der Waals surface area contributed by atoms with E-state index in [-0.39, 0.29) is 0 Å². The molecule has 19 heavy (non-hydrogen) atoms. The SMILES string of the molecule is CC(CCc1ccco1)Nc1ncnc2c1CCC2. The van der Waals surface area contributed by atoms with Gasteiger partial charge in [-0.15, -0.1) is 0 Å². The van der Waals surface area contributed by atoms with E-state index in [9.17, 15) is 0 Å². The summed E-state index contributed by atoms with van der Waals surface area (Å²) in [5.74, 6) is 2.07. The minimum atomic E-state index is 0.379. The molecular weight excluding hydrogens is 238 g/mol. The van der Waals surface area contributed by atoms with Crippen LogP contribution in [0.1, 0.15) is 36.8 Å². The summed E-state index contributed by atoms with van der Waals surface area (Å²) >= 11 is 0. The maximum absolute atomic E-state index is 5.35. The van der Waals surface area contributed by atoms with Crippen LogP contribution in [0.4, 0.5) is 5.82 Å². The molecule has 2 heterocycles. The smallest absolute Gasteiger partial charge is 0.133 e. The van der Waals surface area contributed by atoms with E-state index in [1.807, 2.05) is 12.1 Å². The molecule has 0 radical (unpaired) electrons. The van der Waals surface area contributed by atoms with Gasteiger partial charge in [0.05, 0.1) is 6.26 Å². The van der Waals surface area contributed by atoms with Crippen LogP contribution in [0.25, 0.3) is 0 Å². The number of furan rings is 1. The molecule has 0 amide bonds. The Labute approximate surface area is 113 Å². The summed E-state index contributed by atoms with van der Waals surface area (Å²) in [6.45, 7) is 2.19. The van der Waals surface area contributed by atoms with Crippen LogP contribution in [-0.4, -0.2) is 16.0 Å². The van der Waals surface area contributed by atoms with Gasteiger partial charge >= 0.3 is 0 Å². The molecule has 0 spiro atoms. The zero-order valence-corrected chi connectivity index (χ0v) is 11.2. The molecule has 2 aromatic rings. The van der Waals surface area contributed by atoms with Crippen molar-refractivity contribution in [3.05, 3.63) is 41.7 Å². The summed E-state index contributed by atoms with van der Waals surface area (Å²) < 4.78 is 5.35. The number of hydrogen-bond donors (Lipinski definition) is 1. The Morgan fingerprint density at radius 3 is 3.16 bits per heavy atom. The summed E-state index contributed by atoms with van der Waals surface area (Å²) in [5.41, 5.74) is 2.53. The predicted octanol–water partition coefficient (Wildman–Crippen LogP) is 2.99. The van der Waals surface area contributed by atoms with Gasteiger partial charge in [-0.05, 0) is 44.7 Å². The van der Waals surface area contributed by atoms with E-state index in [2.05, 4.69) is 22.2 Å². The Hall–Kier alpha value is -1.84. The van der Waals surface area contributed by atoms with Crippen molar-refractivity contribution in [1.29, 1.82) is 0 Å². The summed E-state index contributed by atoms with van der Waals surface area (Å²) in [6, 6.07) is 4.34. The number of rotatable bonds is 5. The zero-order chi connectivity index (χ0) is 13.1. The lowest BCUT2D eigenvalue weighted by molar-refractivity contribution is 0.494. The number of hydrogen-bond acceptors (Lipinski definition) is 4. The van der Waals surface area contributed by atoms with Crippen molar-refractivity contribution in [3.63, 3.8) is 0 Å². The van der Waals surface area contributed by atoms with Crippen LogP contribution in [-0.2, 0) is 19.3 Å². The van der Waals surface area contributed by atoms with Crippen LogP contribution in [0, 0.1) is 0 Å². The lowest BCUT2D eigenvalue weighted by Gasteiger charge is -2.16. The molecule has 1 aliphatic rings. The van der Waals surface area contributed by atoms with E-state index >= 15 is 0 Å².